The predicted molar refractivity (Wildman–Crippen MR) is 55.1 cm³/mol. The molecule has 3 heteroatoms. The largest absolute Gasteiger partial charge is 0.356 e. The highest BCUT2D eigenvalue weighted by molar-refractivity contribution is 5.38. The first-order chi connectivity index (χ1) is 6.93. The summed E-state index contributed by atoms with van der Waals surface area (Å²) in [5.74, 6) is 2.98. The summed E-state index contributed by atoms with van der Waals surface area (Å²) in [4.78, 5) is 10.7. The number of hydrogen-bond donors (Lipinski definition) is 0. The summed E-state index contributed by atoms with van der Waals surface area (Å²) in [6.45, 7) is 2.42. The number of aromatic nitrogens is 2. The molecule has 2 heterocycles. The molecule has 0 spiro atoms. The summed E-state index contributed by atoms with van der Waals surface area (Å²) in [5, 5.41) is 0. The van der Waals surface area contributed by atoms with Crippen LogP contribution in [0.5, 0.6) is 0 Å². The number of rotatable bonds is 1. The second-order valence-electron chi connectivity index (χ2n) is 4.42. The molecule has 74 valence electrons. The smallest absolute Gasteiger partial charge is 0.131 e. The van der Waals surface area contributed by atoms with E-state index in [0.717, 1.165) is 17.7 Å². The third kappa shape index (κ3) is 1.27. The summed E-state index contributed by atoms with van der Waals surface area (Å²) in [7, 11) is 0. The van der Waals surface area contributed by atoms with Crippen LogP contribution in [0.2, 0.25) is 0 Å². The van der Waals surface area contributed by atoms with Gasteiger partial charge in [-0.25, -0.2) is 9.97 Å². The zero-order valence-corrected chi connectivity index (χ0v) is 8.26. The van der Waals surface area contributed by atoms with Gasteiger partial charge in [-0.15, -0.1) is 0 Å². The maximum atomic E-state index is 4.30. The highest BCUT2D eigenvalue weighted by atomic mass is 15.2. The summed E-state index contributed by atoms with van der Waals surface area (Å²) in [6.07, 6.45) is 7.76. The Labute approximate surface area is 84.2 Å². The van der Waals surface area contributed by atoms with Crippen LogP contribution in [-0.4, -0.2) is 23.1 Å². The van der Waals surface area contributed by atoms with Crippen molar-refractivity contribution in [1.82, 2.24) is 9.97 Å². The number of hydrogen-bond acceptors (Lipinski definition) is 3. The average molecular weight is 189 g/mol. The van der Waals surface area contributed by atoms with E-state index in [4.69, 9.17) is 0 Å². The first-order valence-electron chi connectivity index (χ1n) is 5.44. The highest BCUT2D eigenvalue weighted by Crippen LogP contribution is 2.38. The fourth-order valence-corrected chi connectivity index (χ4v) is 2.89. The Morgan fingerprint density at radius 2 is 2.00 bits per heavy atom. The average Bonchev–Trinajstić information content (AvgIpc) is 2.78. The molecular formula is C11H15N3. The first kappa shape index (κ1) is 8.21. The molecule has 1 aliphatic carbocycles. The molecule has 0 bridgehead atoms. The van der Waals surface area contributed by atoms with E-state index in [-0.39, 0.29) is 0 Å². The third-order valence-electron chi connectivity index (χ3n) is 3.62. The van der Waals surface area contributed by atoms with Crippen LogP contribution < -0.4 is 4.90 Å². The second kappa shape index (κ2) is 3.23. The summed E-state index contributed by atoms with van der Waals surface area (Å²) < 4.78 is 0. The van der Waals surface area contributed by atoms with Crippen molar-refractivity contribution < 1.29 is 0 Å². The highest BCUT2D eigenvalue weighted by Gasteiger charge is 2.36. The van der Waals surface area contributed by atoms with Crippen molar-refractivity contribution in [3.8, 4) is 0 Å². The molecule has 0 N–H and O–H groups in total. The molecule has 2 unspecified atom stereocenters. The van der Waals surface area contributed by atoms with Crippen molar-refractivity contribution in [2.75, 3.05) is 18.0 Å². The predicted octanol–water partition coefficient (Wildman–Crippen LogP) is 1.71. The van der Waals surface area contributed by atoms with Gasteiger partial charge in [0.25, 0.3) is 0 Å². The lowest BCUT2D eigenvalue weighted by Gasteiger charge is -2.17. The zero-order chi connectivity index (χ0) is 9.38. The molecule has 0 amide bonds. The Hall–Kier alpha value is -1.12. The van der Waals surface area contributed by atoms with Gasteiger partial charge < -0.3 is 4.90 Å². The molecule has 2 atom stereocenters. The fraction of sp³-hybridized carbons (Fsp3) is 0.636. The van der Waals surface area contributed by atoms with Crippen molar-refractivity contribution in [2.24, 2.45) is 11.8 Å². The van der Waals surface area contributed by atoms with Crippen LogP contribution in [0.4, 0.5) is 5.82 Å². The quantitative estimate of drug-likeness (QED) is 0.673. The molecule has 1 saturated carbocycles. The lowest BCUT2D eigenvalue weighted by atomic mass is 10.0. The van der Waals surface area contributed by atoms with Crippen molar-refractivity contribution in [1.29, 1.82) is 0 Å². The Balaban J connectivity index is 1.77. The van der Waals surface area contributed by atoms with E-state index in [1.807, 2.05) is 12.3 Å². The maximum Gasteiger partial charge on any atom is 0.131 e. The van der Waals surface area contributed by atoms with Gasteiger partial charge in [0.05, 0.1) is 0 Å². The Bertz CT molecular complexity index is 300. The molecule has 0 radical (unpaired) electrons. The van der Waals surface area contributed by atoms with E-state index in [1.54, 1.807) is 6.33 Å². The van der Waals surface area contributed by atoms with Crippen LogP contribution >= 0.6 is 0 Å². The molecule has 2 aliphatic rings. The van der Waals surface area contributed by atoms with E-state index in [0.29, 0.717) is 0 Å². The Morgan fingerprint density at radius 1 is 1.21 bits per heavy atom. The SMILES string of the molecule is c1cc(N2CC3CCCC3C2)ncn1. The van der Waals surface area contributed by atoms with Crippen LogP contribution in [0.1, 0.15) is 19.3 Å². The van der Waals surface area contributed by atoms with Gasteiger partial charge in [-0.2, -0.15) is 0 Å². The van der Waals surface area contributed by atoms with Crippen molar-refractivity contribution in [2.45, 2.75) is 19.3 Å². The number of anilines is 1. The molecule has 1 aromatic heterocycles. The molecule has 3 rings (SSSR count). The minimum atomic E-state index is 0.935. The number of fused-ring (bicyclic) bond motifs is 1. The van der Waals surface area contributed by atoms with E-state index >= 15 is 0 Å². The fourth-order valence-electron chi connectivity index (χ4n) is 2.89. The van der Waals surface area contributed by atoms with E-state index in [9.17, 15) is 0 Å². The van der Waals surface area contributed by atoms with Gasteiger partial charge in [-0.3, -0.25) is 0 Å². The van der Waals surface area contributed by atoms with Crippen molar-refractivity contribution >= 4 is 5.82 Å². The van der Waals surface area contributed by atoms with E-state index in [2.05, 4.69) is 14.9 Å². The Kier molecular flexibility index (Phi) is 1.89. The minimum absolute atomic E-state index is 0.935. The van der Waals surface area contributed by atoms with Crippen LogP contribution in [0.25, 0.3) is 0 Å². The molecular weight excluding hydrogens is 174 g/mol. The summed E-state index contributed by atoms with van der Waals surface area (Å²) >= 11 is 0. The molecule has 1 aromatic rings. The van der Waals surface area contributed by atoms with Crippen LogP contribution in [0.15, 0.2) is 18.6 Å². The zero-order valence-electron chi connectivity index (χ0n) is 8.26. The van der Waals surface area contributed by atoms with E-state index in [1.165, 1.54) is 32.4 Å². The molecule has 0 aromatic carbocycles. The van der Waals surface area contributed by atoms with Gasteiger partial charge in [0, 0.05) is 19.3 Å². The molecule has 1 saturated heterocycles. The van der Waals surface area contributed by atoms with Gasteiger partial charge in [0.15, 0.2) is 0 Å². The summed E-state index contributed by atoms with van der Waals surface area (Å²) in [6, 6.07) is 2.01. The lowest BCUT2D eigenvalue weighted by molar-refractivity contribution is 0.494. The van der Waals surface area contributed by atoms with Crippen LogP contribution in [0.3, 0.4) is 0 Å². The lowest BCUT2D eigenvalue weighted by Crippen LogP contribution is -2.21. The standard InChI is InChI=1S/C11H15N3/c1-2-9-6-14(7-10(9)3-1)11-4-5-12-8-13-11/h4-5,8-10H,1-3,6-7H2. The molecule has 1 aliphatic heterocycles. The van der Waals surface area contributed by atoms with Crippen LogP contribution in [0, 0.1) is 11.8 Å². The van der Waals surface area contributed by atoms with Gasteiger partial charge in [-0.1, -0.05) is 6.42 Å². The molecule has 14 heavy (non-hydrogen) atoms. The van der Waals surface area contributed by atoms with Gasteiger partial charge >= 0.3 is 0 Å². The van der Waals surface area contributed by atoms with Gasteiger partial charge in [0.1, 0.15) is 12.1 Å². The normalized spacial score (nSPS) is 30.7. The summed E-state index contributed by atoms with van der Waals surface area (Å²) in [5.41, 5.74) is 0. The molecule has 2 fully saturated rings. The van der Waals surface area contributed by atoms with Gasteiger partial charge in [0.2, 0.25) is 0 Å². The van der Waals surface area contributed by atoms with Crippen LogP contribution in [-0.2, 0) is 0 Å². The minimum Gasteiger partial charge on any atom is -0.356 e. The van der Waals surface area contributed by atoms with Crippen molar-refractivity contribution in [3.05, 3.63) is 18.6 Å². The molecule has 3 nitrogen and oxygen atoms in total. The van der Waals surface area contributed by atoms with Gasteiger partial charge in [-0.05, 0) is 30.7 Å². The monoisotopic (exact) mass is 189 g/mol. The first-order valence-corrected chi connectivity index (χ1v) is 5.44. The Morgan fingerprint density at radius 3 is 2.64 bits per heavy atom. The second-order valence-corrected chi connectivity index (χ2v) is 4.42. The third-order valence-corrected chi connectivity index (χ3v) is 3.62. The maximum absolute atomic E-state index is 4.30. The van der Waals surface area contributed by atoms with E-state index < -0.39 is 0 Å². The number of nitrogens with zero attached hydrogens (tertiary/aromatic N) is 3. The van der Waals surface area contributed by atoms with Crippen molar-refractivity contribution in [3.63, 3.8) is 0 Å². The topological polar surface area (TPSA) is 29.0 Å².